The highest BCUT2D eigenvalue weighted by Gasteiger charge is 2.10. The van der Waals surface area contributed by atoms with E-state index >= 15 is 0 Å². The predicted octanol–water partition coefficient (Wildman–Crippen LogP) is 5.29. The van der Waals surface area contributed by atoms with Crippen molar-refractivity contribution < 1.29 is 0 Å². The third kappa shape index (κ3) is 3.50. The minimum absolute atomic E-state index is 0.946. The fourth-order valence-corrected chi connectivity index (χ4v) is 3.72. The summed E-state index contributed by atoms with van der Waals surface area (Å²) in [6.45, 7) is 8.34. The number of fused-ring (bicyclic) bond motifs is 1. The van der Waals surface area contributed by atoms with Gasteiger partial charge in [-0.1, -0.05) is 36.9 Å². The van der Waals surface area contributed by atoms with E-state index in [4.69, 9.17) is 0 Å². The van der Waals surface area contributed by atoms with Gasteiger partial charge < -0.3 is 4.90 Å². The van der Waals surface area contributed by atoms with Crippen molar-refractivity contribution in [3.05, 3.63) is 75.6 Å². The van der Waals surface area contributed by atoms with Gasteiger partial charge in [-0.05, 0) is 60.4 Å². The average Bonchev–Trinajstić information content (AvgIpc) is 3.20. The first-order valence-corrected chi connectivity index (χ1v) is 8.90. The van der Waals surface area contributed by atoms with Crippen LogP contribution in [0.4, 0.5) is 0 Å². The zero-order valence-electron chi connectivity index (χ0n) is 13.2. The summed E-state index contributed by atoms with van der Waals surface area (Å²) in [7, 11) is 0. The number of aryl methyl sites for hydroxylation is 2. The normalized spacial score (nSPS) is 13.5. The van der Waals surface area contributed by atoms with Crippen LogP contribution < -0.4 is 0 Å². The fraction of sp³-hybridized carbons (Fsp3) is 0.300. The summed E-state index contributed by atoms with van der Waals surface area (Å²) in [6.07, 6.45) is 8.12. The molecule has 1 aromatic heterocycles. The Balaban J connectivity index is 1.66. The summed E-state index contributed by atoms with van der Waals surface area (Å²) in [6, 6.07) is 11.1. The molecule has 0 unspecified atom stereocenters. The van der Waals surface area contributed by atoms with Gasteiger partial charge in [-0.15, -0.1) is 11.3 Å². The van der Waals surface area contributed by atoms with Crippen molar-refractivity contribution in [3.8, 4) is 0 Å². The number of allylic oxidation sites excluding steroid dienone is 1. The predicted molar refractivity (Wildman–Crippen MR) is 97.0 cm³/mol. The molecule has 0 N–H and O–H groups in total. The molecule has 114 valence electrons. The zero-order valence-corrected chi connectivity index (χ0v) is 14.0. The smallest absolute Gasteiger partial charge is 0.0522 e. The van der Waals surface area contributed by atoms with Crippen LogP contribution in [0.3, 0.4) is 0 Å². The lowest BCUT2D eigenvalue weighted by Crippen LogP contribution is -2.19. The minimum atomic E-state index is 0.946. The minimum Gasteiger partial charge on any atom is -0.367 e. The number of nitrogens with zero attached hydrogens (tertiary/aromatic N) is 1. The van der Waals surface area contributed by atoms with E-state index < -0.39 is 0 Å². The van der Waals surface area contributed by atoms with Gasteiger partial charge in [0, 0.05) is 17.1 Å². The summed E-state index contributed by atoms with van der Waals surface area (Å²) in [5, 5.41) is 2.13. The highest BCUT2D eigenvalue weighted by atomic mass is 32.1. The van der Waals surface area contributed by atoms with Crippen molar-refractivity contribution in [3.63, 3.8) is 0 Å². The van der Waals surface area contributed by atoms with E-state index in [1.54, 1.807) is 11.3 Å². The van der Waals surface area contributed by atoms with Crippen LogP contribution in [0.2, 0.25) is 0 Å². The van der Waals surface area contributed by atoms with Crippen LogP contribution in [-0.2, 0) is 19.4 Å². The Hall–Kier alpha value is -1.80. The van der Waals surface area contributed by atoms with Crippen LogP contribution in [-0.4, -0.2) is 11.4 Å². The summed E-state index contributed by atoms with van der Waals surface area (Å²) in [5.74, 6) is 0. The first kappa shape index (κ1) is 15.1. The topological polar surface area (TPSA) is 3.24 Å². The molecule has 0 aliphatic heterocycles. The number of benzene rings is 1. The molecule has 2 aromatic rings. The molecular weight excluding hydrogens is 286 g/mol. The Morgan fingerprint density at radius 2 is 2.14 bits per heavy atom. The van der Waals surface area contributed by atoms with Gasteiger partial charge in [0.05, 0.1) is 6.54 Å². The first-order valence-electron chi connectivity index (χ1n) is 8.02. The molecular formula is C20H23NS. The summed E-state index contributed by atoms with van der Waals surface area (Å²) >= 11 is 1.81. The van der Waals surface area contributed by atoms with Crippen molar-refractivity contribution in [1.29, 1.82) is 0 Å². The van der Waals surface area contributed by atoms with E-state index in [2.05, 4.69) is 66.3 Å². The Bertz CT molecular complexity index is 667. The third-order valence-electron chi connectivity index (χ3n) is 4.31. The van der Waals surface area contributed by atoms with Crippen molar-refractivity contribution in [1.82, 2.24) is 4.90 Å². The number of thiophene rings is 1. The van der Waals surface area contributed by atoms with Crippen molar-refractivity contribution >= 4 is 17.4 Å². The number of rotatable bonds is 6. The monoisotopic (exact) mass is 309 g/mol. The van der Waals surface area contributed by atoms with E-state index in [0.29, 0.717) is 0 Å². The van der Waals surface area contributed by atoms with E-state index in [9.17, 15) is 0 Å². The van der Waals surface area contributed by atoms with Crippen LogP contribution in [0.1, 0.15) is 34.9 Å². The molecule has 0 fully saturated rings. The van der Waals surface area contributed by atoms with Crippen LogP contribution >= 0.6 is 11.3 Å². The lowest BCUT2D eigenvalue weighted by atomic mass is 10.1. The molecule has 3 rings (SSSR count). The van der Waals surface area contributed by atoms with Gasteiger partial charge in [0.25, 0.3) is 0 Å². The van der Waals surface area contributed by atoms with E-state index in [1.165, 1.54) is 40.8 Å². The quantitative estimate of drug-likeness (QED) is 0.656. The van der Waals surface area contributed by atoms with Crippen molar-refractivity contribution in [2.24, 2.45) is 0 Å². The highest BCUT2D eigenvalue weighted by molar-refractivity contribution is 7.09. The molecule has 0 radical (unpaired) electrons. The van der Waals surface area contributed by atoms with E-state index in [-0.39, 0.29) is 0 Å². The van der Waals surface area contributed by atoms with E-state index in [0.717, 1.165) is 18.8 Å². The van der Waals surface area contributed by atoms with Gasteiger partial charge in [0.15, 0.2) is 0 Å². The second kappa shape index (κ2) is 6.97. The van der Waals surface area contributed by atoms with Crippen LogP contribution in [0.15, 0.2) is 54.1 Å². The molecule has 0 saturated heterocycles. The largest absolute Gasteiger partial charge is 0.367 e. The fourth-order valence-electron chi connectivity index (χ4n) is 3.00. The van der Waals surface area contributed by atoms with Gasteiger partial charge in [-0.3, -0.25) is 0 Å². The zero-order chi connectivity index (χ0) is 15.4. The lowest BCUT2D eigenvalue weighted by Gasteiger charge is -2.22. The maximum atomic E-state index is 4.24. The van der Waals surface area contributed by atoms with E-state index in [1.807, 2.05) is 0 Å². The van der Waals surface area contributed by atoms with Gasteiger partial charge in [0.1, 0.15) is 0 Å². The SMILES string of the molecule is C=C(/C=C/c1ccc2c(c1)CCC2)N(CC)Cc1cccs1. The Morgan fingerprint density at radius 3 is 2.91 bits per heavy atom. The first-order chi connectivity index (χ1) is 10.8. The molecule has 1 heterocycles. The standard InChI is InChI=1S/C20H23NS/c1-3-21(15-20-8-5-13-22-20)16(2)9-10-17-11-12-18-6-4-7-19(18)14-17/h5,8-14H,2-4,6-7,15H2,1H3/b10-9+. The summed E-state index contributed by atoms with van der Waals surface area (Å²) < 4.78 is 0. The highest BCUT2D eigenvalue weighted by Crippen LogP contribution is 2.23. The number of hydrogen-bond donors (Lipinski definition) is 0. The van der Waals surface area contributed by atoms with Crippen LogP contribution in [0.5, 0.6) is 0 Å². The summed E-state index contributed by atoms with van der Waals surface area (Å²) in [4.78, 5) is 3.70. The maximum Gasteiger partial charge on any atom is 0.0522 e. The van der Waals surface area contributed by atoms with Gasteiger partial charge in [-0.25, -0.2) is 0 Å². The van der Waals surface area contributed by atoms with Gasteiger partial charge >= 0.3 is 0 Å². The summed E-state index contributed by atoms with van der Waals surface area (Å²) in [5.41, 5.74) is 5.42. The van der Waals surface area contributed by atoms with Crippen molar-refractivity contribution in [2.75, 3.05) is 6.54 Å². The van der Waals surface area contributed by atoms with Gasteiger partial charge in [0.2, 0.25) is 0 Å². The van der Waals surface area contributed by atoms with Gasteiger partial charge in [-0.2, -0.15) is 0 Å². The molecule has 0 atom stereocenters. The lowest BCUT2D eigenvalue weighted by molar-refractivity contribution is 0.372. The molecule has 1 aliphatic carbocycles. The number of likely N-dealkylation sites (N-methyl/N-ethyl adjacent to an activating group) is 1. The van der Waals surface area contributed by atoms with Crippen LogP contribution in [0.25, 0.3) is 6.08 Å². The molecule has 1 aromatic carbocycles. The Kier molecular flexibility index (Phi) is 4.79. The molecule has 0 amide bonds. The molecule has 22 heavy (non-hydrogen) atoms. The Labute approximate surface area is 137 Å². The molecule has 1 aliphatic rings. The second-order valence-electron chi connectivity index (χ2n) is 5.80. The molecule has 1 nitrogen and oxygen atoms in total. The molecule has 2 heteroatoms. The molecule has 0 bridgehead atoms. The third-order valence-corrected chi connectivity index (χ3v) is 5.17. The average molecular weight is 309 g/mol. The Morgan fingerprint density at radius 1 is 1.27 bits per heavy atom. The molecule has 0 saturated carbocycles. The second-order valence-corrected chi connectivity index (χ2v) is 6.83. The number of hydrogen-bond acceptors (Lipinski definition) is 2. The maximum absolute atomic E-state index is 4.24. The van der Waals surface area contributed by atoms with Crippen LogP contribution in [0, 0.1) is 0 Å². The molecule has 0 spiro atoms. The van der Waals surface area contributed by atoms with Crippen molar-refractivity contribution in [2.45, 2.75) is 32.7 Å².